The van der Waals surface area contributed by atoms with Gasteiger partial charge in [0, 0.05) is 32.6 Å². The maximum Gasteiger partial charge on any atom is 0.410 e. The molecule has 7 nitrogen and oxygen atoms in total. The van der Waals surface area contributed by atoms with Gasteiger partial charge in [-0.3, -0.25) is 0 Å². The minimum Gasteiger partial charge on any atom is -0.446 e. The zero-order valence-corrected chi connectivity index (χ0v) is 28.2. The van der Waals surface area contributed by atoms with Crippen molar-refractivity contribution < 1.29 is 23.8 Å². The maximum absolute atomic E-state index is 12.8. The topological polar surface area (TPSA) is 68.3 Å². The van der Waals surface area contributed by atoms with E-state index in [-0.39, 0.29) is 47.9 Å². The van der Waals surface area contributed by atoms with Crippen LogP contribution in [-0.2, 0) is 14.2 Å². The van der Waals surface area contributed by atoms with Crippen LogP contribution in [0.3, 0.4) is 0 Å². The molecule has 2 saturated heterocycles. The highest BCUT2D eigenvalue weighted by molar-refractivity contribution is 5.68. The van der Waals surface area contributed by atoms with Gasteiger partial charge in [0.15, 0.2) is 0 Å². The van der Waals surface area contributed by atoms with Crippen molar-refractivity contribution >= 4 is 12.2 Å². The first kappa shape index (κ1) is 30.2. The lowest BCUT2D eigenvalue weighted by Crippen LogP contribution is -2.56. The van der Waals surface area contributed by atoms with Crippen LogP contribution in [0, 0.1) is 57.2 Å². The first-order valence-corrected chi connectivity index (χ1v) is 17.7. The summed E-state index contributed by atoms with van der Waals surface area (Å²) in [6.07, 6.45) is 11.8. The molecule has 2 aliphatic heterocycles. The van der Waals surface area contributed by atoms with Crippen LogP contribution < -0.4 is 0 Å². The molecule has 0 aromatic carbocycles. The third-order valence-electron chi connectivity index (χ3n) is 14.9. The van der Waals surface area contributed by atoms with Crippen LogP contribution in [0.4, 0.5) is 9.59 Å². The molecule has 0 bridgehead atoms. The van der Waals surface area contributed by atoms with Crippen LogP contribution >= 0.6 is 0 Å². The Labute approximate surface area is 260 Å². The van der Waals surface area contributed by atoms with Gasteiger partial charge in [-0.2, -0.15) is 0 Å². The van der Waals surface area contributed by atoms with Gasteiger partial charge in [-0.1, -0.05) is 41.5 Å². The standard InChI is InChI=1S/C36H58N2O5/c1-21(2)30(43-32(40)38-16-9-17-38)26-18-22(3)29-25(41-26)19-24-23-10-11-27-33(4,5)28(42-31(39)37(7)8)12-13-36(27)20-35(23,36)15-14-34(24,29)6/h21-30H,9-20H2,1-8H3/t22-,23?,24?,25?,26?,27?,28+,29+,30-,34+,35+,36-/m1/s1. The molecular weight excluding hydrogens is 540 g/mol. The number of carbonyl (C=O) groups is 2. The smallest absolute Gasteiger partial charge is 0.410 e. The van der Waals surface area contributed by atoms with E-state index in [1.165, 1.54) is 44.9 Å². The highest BCUT2D eigenvalue weighted by Crippen LogP contribution is 2.87. The lowest BCUT2D eigenvalue weighted by atomic mass is 9.46. The Balaban J connectivity index is 1.09. The van der Waals surface area contributed by atoms with Gasteiger partial charge in [-0.05, 0) is 116 Å². The predicted octanol–water partition coefficient (Wildman–Crippen LogP) is 7.37. The summed E-state index contributed by atoms with van der Waals surface area (Å²) in [5.74, 6) is 3.52. The van der Waals surface area contributed by atoms with Crippen molar-refractivity contribution in [1.29, 1.82) is 0 Å². The van der Waals surface area contributed by atoms with Crippen molar-refractivity contribution in [2.75, 3.05) is 27.2 Å². The summed E-state index contributed by atoms with van der Waals surface area (Å²) in [4.78, 5) is 28.8. The van der Waals surface area contributed by atoms with Crippen molar-refractivity contribution in [3.8, 4) is 0 Å². The average Bonchev–Trinajstić information content (AvgIpc) is 3.46. The minimum atomic E-state index is -0.197. The molecule has 2 amide bonds. The van der Waals surface area contributed by atoms with E-state index >= 15 is 0 Å². The highest BCUT2D eigenvalue weighted by Gasteiger charge is 2.81. The summed E-state index contributed by atoms with van der Waals surface area (Å²) in [5, 5.41) is 0. The summed E-state index contributed by atoms with van der Waals surface area (Å²) in [7, 11) is 3.57. The van der Waals surface area contributed by atoms with Crippen LogP contribution in [0.15, 0.2) is 0 Å². The molecule has 5 aliphatic carbocycles. The number of hydrogen-bond acceptors (Lipinski definition) is 5. The second kappa shape index (κ2) is 10.00. The van der Waals surface area contributed by atoms with E-state index in [2.05, 4.69) is 41.5 Å². The fraction of sp³-hybridized carbons (Fsp3) is 0.944. The molecule has 242 valence electrons. The second-order valence-corrected chi connectivity index (χ2v) is 17.6. The molecule has 0 aromatic heterocycles. The Bertz CT molecular complexity index is 1130. The lowest BCUT2D eigenvalue weighted by molar-refractivity contribution is -0.167. The van der Waals surface area contributed by atoms with Crippen molar-refractivity contribution in [1.82, 2.24) is 9.80 Å². The summed E-state index contributed by atoms with van der Waals surface area (Å²) in [6, 6.07) is 0. The Kier molecular flexibility index (Phi) is 7.01. The molecule has 0 N–H and O–H groups in total. The molecule has 2 heterocycles. The van der Waals surface area contributed by atoms with Gasteiger partial charge in [0.05, 0.1) is 12.2 Å². The molecule has 5 saturated carbocycles. The van der Waals surface area contributed by atoms with Gasteiger partial charge in [-0.15, -0.1) is 0 Å². The summed E-state index contributed by atoms with van der Waals surface area (Å²) < 4.78 is 19.3. The van der Waals surface area contributed by atoms with E-state index in [9.17, 15) is 9.59 Å². The SMILES string of the molecule is CC(C)[C@@H](OC(=O)N1CCC1)C1C[C@@H](C)[C@H]2C(CC3C4CCC5C(C)(C)[C@@H](OC(=O)N(C)C)CC[C@@]56C[C@@]46CC[C@@]32C)O1. The predicted molar refractivity (Wildman–Crippen MR) is 165 cm³/mol. The third kappa shape index (κ3) is 4.20. The van der Waals surface area contributed by atoms with E-state index < -0.39 is 0 Å². The van der Waals surface area contributed by atoms with Gasteiger partial charge in [-0.25, -0.2) is 9.59 Å². The Morgan fingerprint density at radius 3 is 2.35 bits per heavy atom. The molecule has 7 fully saturated rings. The zero-order chi connectivity index (χ0) is 30.7. The largest absolute Gasteiger partial charge is 0.446 e. The van der Waals surface area contributed by atoms with Crippen molar-refractivity contribution in [3.63, 3.8) is 0 Å². The Morgan fingerprint density at radius 2 is 1.70 bits per heavy atom. The number of amides is 2. The van der Waals surface area contributed by atoms with E-state index in [0.29, 0.717) is 39.9 Å². The average molecular weight is 599 g/mol. The van der Waals surface area contributed by atoms with Crippen molar-refractivity contribution in [2.24, 2.45) is 57.2 Å². The number of ether oxygens (including phenoxy) is 3. The molecule has 43 heavy (non-hydrogen) atoms. The van der Waals surface area contributed by atoms with Crippen LogP contribution in [0.1, 0.15) is 106 Å². The molecule has 7 heteroatoms. The highest BCUT2D eigenvalue weighted by atomic mass is 16.6. The summed E-state index contributed by atoms with van der Waals surface area (Å²) >= 11 is 0. The first-order valence-electron chi connectivity index (χ1n) is 17.7. The molecule has 0 radical (unpaired) electrons. The van der Waals surface area contributed by atoms with Gasteiger partial charge >= 0.3 is 12.2 Å². The summed E-state index contributed by atoms with van der Waals surface area (Å²) in [6.45, 7) is 15.9. The molecule has 7 rings (SSSR count). The molecule has 5 unspecified atom stereocenters. The zero-order valence-electron chi connectivity index (χ0n) is 28.2. The van der Waals surface area contributed by atoms with Crippen molar-refractivity contribution in [2.45, 2.75) is 130 Å². The van der Waals surface area contributed by atoms with Gasteiger partial charge in [0.25, 0.3) is 0 Å². The van der Waals surface area contributed by atoms with Gasteiger partial charge in [0.2, 0.25) is 0 Å². The maximum atomic E-state index is 12.8. The van der Waals surface area contributed by atoms with Gasteiger partial charge in [0.1, 0.15) is 12.2 Å². The summed E-state index contributed by atoms with van der Waals surface area (Å²) in [5.41, 5.74) is 1.24. The Hall–Kier alpha value is -1.50. The number of likely N-dealkylation sites (tertiary alicyclic amines) is 1. The minimum absolute atomic E-state index is 0.00529. The number of rotatable bonds is 4. The number of nitrogens with zero attached hydrogens (tertiary/aromatic N) is 2. The molecule has 12 atom stereocenters. The fourth-order valence-electron chi connectivity index (χ4n) is 12.8. The second-order valence-electron chi connectivity index (χ2n) is 17.6. The van der Waals surface area contributed by atoms with E-state index in [1.54, 1.807) is 19.0 Å². The molecule has 7 aliphatic rings. The number of fused-ring (bicyclic) bond motifs is 4. The monoisotopic (exact) mass is 598 g/mol. The first-order chi connectivity index (χ1) is 20.2. The van der Waals surface area contributed by atoms with Crippen LogP contribution in [0.5, 0.6) is 0 Å². The number of hydrogen-bond donors (Lipinski definition) is 0. The molecular formula is C36H58N2O5. The van der Waals surface area contributed by atoms with E-state index in [4.69, 9.17) is 14.2 Å². The normalized spacial score (nSPS) is 48.0. The van der Waals surface area contributed by atoms with E-state index in [1.807, 2.05) is 4.90 Å². The van der Waals surface area contributed by atoms with Gasteiger partial charge < -0.3 is 24.0 Å². The quantitative estimate of drug-likeness (QED) is 0.338. The van der Waals surface area contributed by atoms with Crippen LogP contribution in [0.25, 0.3) is 0 Å². The molecule has 0 aromatic rings. The van der Waals surface area contributed by atoms with E-state index in [0.717, 1.165) is 38.3 Å². The fourth-order valence-corrected chi connectivity index (χ4v) is 12.8. The van der Waals surface area contributed by atoms with Crippen LogP contribution in [0.2, 0.25) is 0 Å². The number of carbonyl (C=O) groups excluding carboxylic acids is 2. The third-order valence-corrected chi connectivity index (χ3v) is 14.9. The van der Waals surface area contributed by atoms with Crippen molar-refractivity contribution in [3.05, 3.63) is 0 Å². The lowest BCUT2D eigenvalue weighted by Gasteiger charge is -2.59. The van der Waals surface area contributed by atoms with Crippen LogP contribution in [-0.4, -0.2) is 73.6 Å². The molecule has 2 spiro atoms. The Morgan fingerprint density at radius 1 is 0.953 bits per heavy atom.